The molecular formula is C51H35N2OP. The number of hydrogen-bond donors (Lipinski definition) is 0. The van der Waals surface area contributed by atoms with Gasteiger partial charge in [-0.2, -0.15) is 0 Å². The van der Waals surface area contributed by atoms with E-state index in [1.54, 1.807) is 0 Å². The van der Waals surface area contributed by atoms with Crippen LogP contribution in [0.3, 0.4) is 0 Å². The van der Waals surface area contributed by atoms with Crippen molar-refractivity contribution in [3.05, 3.63) is 194 Å². The third kappa shape index (κ3) is 5.81. The molecule has 0 spiro atoms. The predicted octanol–water partition coefficient (Wildman–Crippen LogP) is 12.6. The second-order valence-electron chi connectivity index (χ2n) is 14.2. The highest BCUT2D eigenvalue weighted by atomic mass is 31.2. The summed E-state index contributed by atoms with van der Waals surface area (Å²) in [6.45, 7) is 1.89. The predicted molar refractivity (Wildman–Crippen MR) is 230 cm³/mol. The van der Waals surface area contributed by atoms with Gasteiger partial charge >= 0.3 is 0 Å². The summed E-state index contributed by atoms with van der Waals surface area (Å²) < 4.78 is 13.8. The van der Waals surface area contributed by atoms with Crippen LogP contribution in [0.2, 0.25) is 0 Å². The fraction of sp³-hybridized carbons (Fsp3) is 0.0196. The van der Waals surface area contributed by atoms with Crippen LogP contribution in [-0.2, 0) is 4.57 Å². The first-order valence-corrected chi connectivity index (χ1v) is 20.7. The van der Waals surface area contributed by atoms with Crippen LogP contribution in [-0.4, -0.2) is 16.6 Å². The van der Waals surface area contributed by atoms with Gasteiger partial charge in [-0.3, -0.25) is 0 Å². The zero-order valence-corrected chi connectivity index (χ0v) is 31.1. The Hall–Kier alpha value is -6.67. The lowest BCUT2D eigenvalue weighted by Crippen LogP contribution is -2.07. The van der Waals surface area contributed by atoms with Gasteiger partial charge in [0.25, 0.3) is 0 Å². The van der Waals surface area contributed by atoms with Crippen molar-refractivity contribution in [3.8, 4) is 78.4 Å². The molecule has 8 aromatic carbocycles. The lowest BCUT2D eigenvalue weighted by molar-refractivity contribution is 0.591. The average molecular weight is 723 g/mol. The molecule has 260 valence electrons. The van der Waals surface area contributed by atoms with E-state index in [2.05, 4.69) is 152 Å². The van der Waals surface area contributed by atoms with E-state index >= 15 is 0 Å². The van der Waals surface area contributed by atoms with Crippen molar-refractivity contribution >= 4 is 28.5 Å². The minimum absolute atomic E-state index is 0.697. The summed E-state index contributed by atoms with van der Waals surface area (Å²) in [4.78, 5) is 10.1. The number of rotatable bonds is 6. The van der Waals surface area contributed by atoms with Crippen molar-refractivity contribution in [1.29, 1.82) is 0 Å². The molecule has 4 heteroatoms. The molecule has 1 aromatic heterocycles. The second-order valence-corrected chi connectivity index (χ2v) is 17.0. The highest BCUT2D eigenvalue weighted by molar-refractivity contribution is 7.79. The lowest BCUT2D eigenvalue weighted by atomic mass is 9.90. The van der Waals surface area contributed by atoms with Crippen LogP contribution in [0.4, 0.5) is 0 Å². The van der Waals surface area contributed by atoms with Crippen LogP contribution in [0.5, 0.6) is 0 Å². The van der Waals surface area contributed by atoms with E-state index in [-0.39, 0.29) is 0 Å². The standard InChI is InChI=1S/C51H35N2OP/c1-55(54)49-19-11-10-18-45(49)46-32-40(28-31-50(46)55)42-30-29-41(43-16-8-9-17-44(42)43)36-22-26-38(27-23-36)48-33-47(52-51(53-48)39-14-6-3-7-15-39)37-24-20-35(21-25-37)34-12-4-2-5-13-34/h2-33H,1H3. The highest BCUT2D eigenvalue weighted by Gasteiger charge is 2.34. The Balaban J connectivity index is 1.02. The van der Waals surface area contributed by atoms with E-state index < -0.39 is 7.14 Å². The molecule has 0 fully saturated rings. The number of aromatic nitrogens is 2. The first-order chi connectivity index (χ1) is 27.0. The Kier molecular flexibility index (Phi) is 7.98. The number of nitrogens with zero attached hydrogens (tertiary/aromatic N) is 2. The molecule has 0 amide bonds. The Morgan fingerprint density at radius 2 is 0.800 bits per heavy atom. The van der Waals surface area contributed by atoms with E-state index in [0.717, 1.165) is 66.5 Å². The van der Waals surface area contributed by atoms with E-state index in [9.17, 15) is 4.57 Å². The molecule has 55 heavy (non-hydrogen) atoms. The van der Waals surface area contributed by atoms with Crippen molar-refractivity contribution in [3.63, 3.8) is 0 Å². The highest BCUT2D eigenvalue weighted by Crippen LogP contribution is 2.51. The molecule has 0 saturated heterocycles. The summed E-state index contributed by atoms with van der Waals surface area (Å²) >= 11 is 0. The minimum Gasteiger partial charge on any atom is -0.314 e. The molecule has 0 saturated carbocycles. The maximum absolute atomic E-state index is 13.8. The Bertz CT molecular complexity index is 2940. The molecule has 9 aromatic rings. The molecule has 0 aliphatic carbocycles. The van der Waals surface area contributed by atoms with Crippen molar-refractivity contribution in [2.24, 2.45) is 0 Å². The maximum Gasteiger partial charge on any atom is 0.160 e. The fourth-order valence-electron chi connectivity index (χ4n) is 8.04. The Morgan fingerprint density at radius 3 is 1.44 bits per heavy atom. The van der Waals surface area contributed by atoms with Crippen LogP contribution >= 0.6 is 7.14 Å². The Labute approximate surface area is 321 Å². The van der Waals surface area contributed by atoms with Gasteiger partial charge < -0.3 is 4.57 Å². The molecule has 3 nitrogen and oxygen atoms in total. The van der Waals surface area contributed by atoms with Crippen molar-refractivity contribution in [1.82, 2.24) is 9.97 Å². The zero-order valence-electron chi connectivity index (χ0n) is 30.2. The summed E-state index contributed by atoms with van der Waals surface area (Å²) in [5.74, 6) is 0.697. The summed E-state index contributed by atoms with van der Waals surface area (Å²) in [6.07, 6.45) is 0. The molecule has 1 aliphatic rings. The van der Waals surface area contributed by atoms with Gasteiger partial charge in [-0.1, -0.05) is 176 Å². The summed E-state index contributed by atoms with van der Waals surface area (Å²) in [6, 6.07) is 67.7. The molecule has 0 N–H and O–H groups in total. The fourth-order valence-corrected chi connectivity index (χ4v) is 10.3. The van der Waals surface area contributed by atoms with Gasteiger partial charge in [0.05, 0.1) is 11.4 Å². The Morgan fingerprint density at radius 1 is 0.345 bits per heavy atom. The van der Waals surface area contributed by atoms with Gasteiger partial charge in [0.15, 0.2) is 5.82 Å². The summed E-state index contributed by atoms with van der Waals surface area (Å²) in [7, 11) is -2.61. The molecule has 0 radical (unpaired) electrons. The SMILES string of the molecule is CP1(=O)c2ccccc2-c2cc(-c3ccc(-c4ccc(-c5cc(-c6ccc(-c7ccccc7)cc6)nc(-c6ccccc6)n5)cc4)c4ccccc34)ccc21. The minimum atomic E-state index is -2.61. The van der Waals surface area contributed by atoms with Crippen LogP contribution < -0.4 is 10.6 Å². The molecule has 1 aliphatic heterocycles. The zero-order chi connectivity index (χ0) is 36.9. The van der Waals surface area contributed by atoms with Gasteiger partial charge in [0, 0.05) is 27.3 Å². The largest absolute Gasteiger partial charge is 0.314 e. The second kappa shape index (κ2) is 13.3. The van der Waals surface area contributed by atoms with E-state index in [1.807, 2.05) is 49.1 Å². The van der Waals surface area contributed by atoms with E-state index in [4.69, 9.17) is 9.97 Å². The van der Waals surface area contributed by atoms with Crippen LogP contribution in [0.1, 0.15) is 0 Å². The molecule has 1 atom stereocenters. The topological polar surface area (TPSA) is 42.9 Å². The molecular weight excluding hydrogens is 688 g/mol. The molecule has 10 rings (SSSR count). The van der Waals surface area contributed by atoms with Crippen LogP contribution in [0.25, 0.3) is 89.2 Å². The normalized spacial score (nSPS) is 14.4. The van der Waals surface area contributed by atoms with E-state index in [0.29, 0.717) is 5.82 Å². The lowest BCUT2D eigenvalue weighted by Gasteiger charge is -2.14. The van der Waals surface area contributed by atoms with Gasteiger partial charge in [-0.25, -0.2) is 9.97 Å². The van der Waals surface area contributed by atoms with Gasteiger partial charge in [-0.05, 0) is 80.1 Å². The first-order valence-electron chi connectivity index (χ1n) is 18.6. The third-order valence-electron chi connectivity index (χ3n) is 10.9. The van der Waals surface area contributed by atoms with Crippen molar-refractivity contribution in [2.75, 3.05) is 6.66 Å². The van der Waals surface area contributed by atoms with Crippen LogP contribution in [0, 0.1) is 0 Å². The monoisotopic (exact) mass is 722 g/mol. The smallest absolute Gasteiger partial charge is 0.160 e. The number of hydrogen-bond acceptors (Lipinski definition) is 3. The third-order valence-corrected chi connectivity index (χ3v) is 13.5. The number of benzene rings is 8. The van der Waals surface area contributed by atoms with Gasteiger partial charge in [-0.15, -0.1) is 0 Å². The molecule has 2 heterocycles. The first kappa shape index (κ1) is 32.9. The number of fused-ring (bicyclic) bond motifs is 4. The molecule has 1 unspecified atom stereocenters. The average Bonchev–Trinajstić information content (AvgIpc) is 3.49. The quantitative estimate of drug-likeness (QED) is 0.161. The van der Waals surface area contributed by atoms with Gasteiger partial charge in [0.2, 0.25) is 0 Å². The molecule has 0 bridgehead atoms. The maximum atomic E-state index is 13.8. The van der Waals surface area contributed by atoms with Crippen molar-refractivity contribution < 1.29 is 4.57 Å². The summed E-state index contributed by atoms with van der Waals surface area (Å²) in [5, 5.41) is 4.27. The van der Waals surface area contributed by atoms with E-state index in [1.165, 1.54) is 27.5 Å². The summed E-state index contributed by atoms with van der Waals surface area (Å²) in [5.41, 5.74) is 13.9. The van der Waals surface area contributed by atoms with Crippen molar-refractivity contribution in [2.45, 2.75) is 0 Å². The van der Waals surface area contributed by atoms with Crippen LogP contribution in [0.15, 0.2) is 194 Å². The van der Waals surface area contributed by atoms with Gasteiger partial charge in [0.1, 0.15) is 7.14 Å².